The van der Waals surface area contributed by atoms with E-state index in [0.717, 1.165) is 16.4 Å². The van der Waals surface area contributed by atoms with Crippen molar-refractivity contribution in [2.24, 2.45) is 4.99 Å². The maximum absolute atomic E-state index is 12.0. The summed E-state index contributed by atoms with van der Waals surface area (Å²) in [5.41, 5.74) is 2.08. The number of carbonyl (C=O) groups is 1. The highest BCUT2D eigenvalue weighted by Gasteiger charge is 2.14. The van der Waals surface area contributed by atoms with Crippen molar-refractivity contribution in [2.75, 3.05) is 0 Å². The summed E-state index contributed by atoms with van der Waals surface area (Å²) >= 11 is 0. The van der Waals surface area contributed by atoms with Gasteiger partial charge in [-0.3, -0.25) is 4.79 Å². The molecule has 0 saturated carbocycles. The van der Waals surface area contributed by atoms with Crippen LogP contribution in [0.25, 0.3) is 21.9 Å². The standard InChI is InChI=1S/C15H11NO2/c1-2-16-15(17)11-7-5-9-13-14(11)10-6-3-4-8-12(10)18-13/h2-9H,1H3. The molecular weight excluding hydrogens is 226 g/mol. The van der Waals surface area contributed by atoms with Gasteiger partial charge in [0.15, 0.2) is 0 Å². The number of carbonyl (C=O) groups excluding carboxylic acids is 1. The summed E-state index contributed by atoms with van der Waals surface area (Å²) in [6.45, 7) is 1.73. The van der Waals surface area contributed by atoms with Crippen molar-refractivity contribution >= 4 is 34.1 Å². The topological polar surface area (TPSA) is 42.6 Å². The summed E-state index contributed by atoms with van der Waals surface area (Å²) in [5, 5.41) is 1.78. The van der Waals surface area contributed by atoms with Gasteiger partial charge in [-0.15, -0.1) is 0 Å². The second-order valence-electron chi connectivity index (χ2n) is 3.97. The van der Waals surface area contributed by atoms with Crippen molar-refractivity contribution < 1.29 is 9.21 Å². The molecule has 18 heavy (non-hydrogen) atoms. The molecule has 0 N–H and O–H groups in total. The molecule has 1 heterocycles. The van der Waals surface area contributed by atoms with Gasteiger partial charge in [0.05, 0.1) is 5.56 Å². The first-order chi connectivity index (χ1) is 8.81. The van der Waals surface area contributed by atoms with Crippen LogP contribution in [0.2, 0.25) is 0 Å². The van der Waals surface area contributed by atoms with E-state index in [1.54, 1.807) is 13.0 Å². The summed E-state index contributed by atoms with van der Waals surface area (Å²) in [7, 11) is 0. The SMILES string of the molecule is CC=NC(=O)c1cccc2oc3ccccc3c12. The highest BCUT2D eigenvalue weighted by molar-refractivity contribution is 6.17. The van der Waals surface area contributed by atoms with Crippen LogP contribution >= 0.6 is 0 Å². The Labute approximate surface area is 104 Å². The van der Waals surface area contributed by atoms with Crippen LogP contribution in [0.4, 0.5) is 0 Å². The van der Waals surface area contributed by atoms with Crippen LogP contribution in [0.3, 0.4) is 0 Å². The smallest absolute Gasteiger partial charge is 0.277 e. The predicted molar refractivity (Wildman–Crippen MR) is 72.2 cm³/mol. The molecule has 0 radical (unpaired) electrons. The summed E-state index contributed by atoms with van der Waals surface area (Å²) in [5.74, 6) is -0.241. The zero-order valence-electron chi connectivity index (χ0n) is 9.88. The van der Waals surface area contributed by atoms with Gasteiger partial charge < -0.3 is 4.42 Å². The van der Waals surface area contributed by atoms with Crippen molar-refractivity contribution in [3.63, 3.8) is 0 Å². The maximum Gasteiger partial charge on any atom is 0.277 e. The maximum atomic E-state index is 12.0. The average Bonchev–Trinajstić information content (AvgIpc) is 2.77. The number of aliphatic imine (C=N–C) groups is 1. The first-order valence-corrected chi connectivity index (χ1v) is 5.74. The van der Waals surface area contributed by atoms with E-state index >= 15 is 0 Å². The highest BCUT2D eigenvalue weighted by atomic mass is 16.3. The highest BCUT2D eigenvalue weighted by Crippen LogP contribution is 2.31. The lowest BCUT2D eigenvalue weighted by atomic mass is 10.1. The molecule has 0 aliphatic carbocycles. The molecule has 0 aliphatic heterocycles. The van der Waals surface area contributed by atoms with E-state index in [4.69, 9.17) is 4.42 Å². The predicted octanol–water partition coefficient (Wildman–Crippen LogP) is 3.82. The Morgan fingerprint density at radius 1 is 1.11 bits per heavy atom. The van der Waals surface area contributed by atoms with Gasteiger partial charge in [0.1, 0.15) is 11.2 Å². The van der Waals surface area contributed by atoms with Crippen LogP contribution in [0.1, 0.15) is 17.3 Å². The molecule has 3 rings (SSSR count). The third-order valence-electron chi connectivity index (χ3n) is 2.88. The number of rotatable bonds is 1. The van der Waals surface area contributed by atoms with Crippen LogP contribution in [0.15, 0.2) is 51.9 Å². The van der Waals surface area contributed by atoms with Gasteiger partial charge in [-0.25, -0.2) is 4.99 Å². The summed E-state index contributed by atoms with van der Waals surface area (Å²) in [6.07, 6.45) is 1.50. The molecule has 88 valence electrons. The van der Waals surface area contributed by atoms with Crippen LogP contribution in [0.5, 0.6) is 0 Å². The molecule has 0 spiro atoms. The molecule has 0 bridgehead atoms. The Morgan fingerprint density at radius 2 is 1.89 bits per heavy atom. The van der Waals surface area contributed by atoms with Crippen molar-refractivity contribution in [3.05, 3.63) is 48.0 Å². The molecule has 1 amide bonds. The molecule has 0 saturated heterocycles. The van der Waals surface area contributed by atoms with Gasteiger partial charge in [0, 0.05) is 17.0 Å². The summed E-state index contributed by atoms with van der Waals surface area (Å²) < 4.78 is 5.72. The summed E-state index contributed by atoms with van der Waals surface area (Å²) in [6, 6.07) is 13.1. The third kappa shape index (κ3) is 1.52. The minimum Gasteiger partial charge on any atom is -0.456 e. The zero-order chi connectivity index (χ0) is 12.5. The van der Waals surface area contributed by atoms with Crippen LogP contribution in [-0.2, 0) is 0 Å². The lowest BCUT2D eigenvalue weighted by Gasteiger charge is -1.97. The van der Waals surface area contributed by atoms with Gasteiger partial charge in [-0.05, 0) is 25.1 Å². The van der Waals surface area contributed by atoms with Crippen LogP contribution < -0.4 is 0 Å². The van der Waals surface area contributed by atoms with Crippen molar-refractivity contribution in [1.82, 2.24) is 0 Å². The van der Waals surface area contributed by atoms with Gasteiger partial charge in [0.2, 0.25) is 0 Å². The third-order valence-corrected chi connectivity index (χ3v) is 2.88. The Hall–Kier alpha value is -2.42. The second-order valence-corrected chi connectivity index (χ2v) is 3.97. The average molecular weight is 237 g/mol. The fourth-order valence-corrected chi connectivity index (χ4v) is 2.14. The number of hydrogen-bond donors (Lipinski definition) is 0. The molecular formula is C15H11NO2. The number of fused-ring (bicyclic) bond motifs is 3. The lowest BCUT2D eigenvalue weighted by molar-refractivity contribution is 0.100. The molecule has 3 heteroatoms. The Balaban J connectivity index is 2.42. The van der Waals surface area contributed by atoms with Gasteiger partial charge in [-0.1, -0.05) is 24.3 Å². The number of hydrogen-bond acceptors (Lipinski definition) is 2. The molecule has 0 aliphatic rings. The first kappa shape index (κ1) is 10.7. The van der Waals surface area contributed by atoms with Gasteiger partial charge in [-0.2, -0.15) is 0 Å². The first-order valence-electron chi connectivity index (χ1n) is 5.74. The van der Waals surface area contributed by atoms with E-state index in [0.29, 0.717) is 11.1 Å². The van der Waals surface area contributed by atoms with E-state index in [1.165, 1.54) is 6.21 Å². The minimum atomic E-state index is -0.241. The van der Waals surface area contributed by atoms with Crippen LogP contribution in [0, 0.1) is 0 Å². The van der Waals surface area contributed by atoms with Crippen molar-refractivity contribution in [1.29, 1.82) is 0 Å². The van der Waals surface area contributed by atoms with E-state index in [-0.39, 0.29) is 5.91 Å². The molecule has 0 unspecified atom stereocenters. The largest absolute Gasteiger partial charge is 0.456 e. The van der Waals surface area contributed by atoms with E-state index in [1.807, 2.05) is 36.4 Å². The number of benzene rings is 2. The second kappa shape index (κ2) is 4.11. The normalized spacial score (nSPS) is 11.6. The zero-order valence-corrected chi connectivity index (χ0v) is 9.88. The Bertz CT molecular complexity index is 768. The minimum absolute atomic E-state index is 0.241. The van der Waals surface area contributed by atoms with E-state index < -0.39 is 0 Å². The molecule has 2 aromatic carbocycles. The molecule has 3 nitrogen and oxygen atoms in total. The quantitative estimate of drug-likeness (QED) is 0.604. The van der Waals surface area contributed by atoms with Gasteiger partial charge >= 0.3 is 0 Å². The lowest BCUT2D eigenvalue weighted by Crippen LogP contribution is -1.95. The molecule has 0 atom stereocenters. The van der Waals surface area contributed by atoms with E-state index in [9.17, 15) is 4.79 Å². The fraction of sp³-hybridized carbons (Fsp3) is 0.0667. The summed E-state index contributed by atoms with van der Waals surface area (Å²) in [4.78, 5) is 15.8. The Morgan fingerprint density at radius 3 is 2.72 bits per heavy atom. The number of nitrogens with zero attached hydrogens (tertiary/aromatic N) is 1. The molecule has 3 aromatic rings. The van der Waals surface area contributed by atoms with Crippen molar-refractivity contribution in [3.8, 4) is 0 Å². The molecule has 1 aromatic heterocycles. The molecule has 0 fully saturated rings. The van der Waals surface area contributed by atoms with Gasteiger partial charge in [0.25, 0.3) is 5.91 Å². The van der Waals surface area contributed by atoms with Crippen molar-refractivity contribution in [2.45, 2.75) is 6.92 Å². The number of para-hydroxylation sites is 1. The number of amides is 1. The fourth-order valence-electron chi connectivity index (χ4n) is 2.14. The van der Waals surface area contributed by atoms with E-state index in [2.05, 4.69) is 4.99 Å². The van der Waals surface area contributed by atoms with Crippen LogP contribution in [-0.4, -0.2) is 12.1 Å². The number of furan rings is 1. The monoisotopic (exact) mass is 237 g/mol. The Kier molecular flexibility index (Phi) is 2.45.